The molecule has 0 N–H and O–H groups in total. The molecule has 0 saturated carbocycles. The van der Waals surface area contributed by atoms with Crippen molar-refractivity contribution in [2.75, 3.05) is 0 Å². The summed E-state index contributed by atoms with van der Waals surface area (Å²) in [6.07, 6.45) is 0. The summed E-state index contributed by atoms with van der Waals surface area (Å²) < 4.78 is 0. The van der Waals surface area contributed by atoms with Crippen molar-refractivity contribution in [1.82, 2.24) is 0 Å². The first kappa shape index (κ1) is 30.0. The normalized spacial score (nSPS) is 16.0. The van der Waals surface area contributed by atoms with Gasteiger partial charge in [-0.25, -0.2) is 0 Å². The van der Waals surface area contributed by atoms with E-state index >= 15 is 0 Å². The molecule has 4 aliphatic rings. The maximum atomic E-state index is 2.41. The van der Waals surface area contributed by atoms with Gasteiger partial charge in [-0.2, -0.15) is 0 Å². The van der Waals surface area contributed by atoms with Gasteiger partial charge in [-0.05, 0) is 84.4 Å². The molecule has 7 aromatic rings. The van der Waals surface area contributed by atoms with E-state index < -0.39 is 0 Å². The minimum atomic E-state index is -0.0813. The Morgan fingerprint density at radius 2 is 0.725 bits per heavy atom. The van der Waals surface area contributed by atoms with Crippen LogP contribution in [0.5, 0.6) is 0 Å². The highest BCUT2D eigenvalue weighted by Gasteiger charge is 2.43. The van der Waals surface area contributed by atoms with Crippen LogP contribution in [0.15, 0.2) is 159 Å². The Morgan fingerprint density at radius 1 is 0.373 bits per heavy atom. The number of rotatable bonds is 2. The molecule has 2 aliphatic heterocycles. The zero-order chi connectivity index (χ0) is 34.2. The summed E-state index contributed by atoms with van der Waals surface area (Å²) in [5, 5.41) is 0. The molecule has 2 aliphatic carbocycles. The first-order valence-corrected chi connectivity index (χ1v) is 19.7. The summed E-state index contributed by atoms with van der Waals surface area (Å²) in [7, 11) is 0. The highest BCUT2D eigenvalue weighted by Crippen LogP contribution is 2.55. The van der Waals surface area contributed by atoms with Crippen molar-refractivity contribution in [3.63, 3.8) is 0 Å². The second-order valence-electron chi connectivity index (χ2n) is 15.6. The molecule has 0 unspecified atom stereocenters. The minimum Gasteiger partial charge on any atom is -0.0905 e. The van der Waals surface area contributed by atoms with Crippen molar-refractivity contribution in [2.45, 2.75) is 58.1 Å². The molecule has 242 valence electrons. The molecule has 11 rings (SSSR count). The quantitative estimate of drug-likeness (QED) is 0.166. The summed E-state index contributed by atoms with van der Waals surface area (Å²) in [6.45, 7) is 9.79. The average molecular weight is 687 g/mol. The van der Waals surface area contributed by atoms with Crippen LogP contribution < -0.4 is 16.4 Å². The van der Waals surface area contributed by atoms with Gasteiger partial charge in [0, 0.05) is 30.4 Å². The van der Waals surface area contributed by atoms with Gasteiger partial charge in [0.25, 0.3) is 0 Å². The van der Waals surface area contributed by atoms with Crippen molar-refractivity contribution in [2.24, 2.45) is 0 Å². The van der Waals surface area contributed by atoms with Crippen LogP contribution in [-0.4, -0.2) is 6.71 Å². The van der Waals surface area contributed by atoms with Crippen molar-refractivity contribution in [3.8, 4) is 44.5 Å². The molecule has 51 heavy (non-hydrogen) atoms. The van der Waals surface area contributed by atoms with Gasteiger partial charge in [-0.3, -0.25) is 0 Å². The first-order valence-electron chi connectivity index (χ1n) is 18.1. The van der Waals surface area contributed by atoms with E-state index in [0.717, 1.165) is 0 Å². The molecule has 3 heteroatoms. The maximum Gasteiger partial charge on any atom is 0.247 e. The summed E-state index contributed by atoms with van der Waals surface area (Å²) in [4.78, 5) is 5.56. The first-order chi connectivity index (χ1) is 24.8. The average Bonchev–Trinajstić information content (AvgIpc) is 3.54. The van der Waals surface area contributed by atoms with Crippen LogP contribution >= 0.6 is 23.5 Å². The van der Waals surface area contributed by atoms with Crippen LogP contribution in [-0.2, 0) is 10.8 Å². The lowest BCUT2D eigenvalue weighted by molar-refractivity contribution is 0.662. The fourth-order valence-electron chi connectivity index (χ4n) is 10.0. The van der Waals surface area contributed by atoms with Crippen LogP contribution in [0.25, 0.3) is 44.5 Å². The number of hydrogen-bond acceptors (Lipinski definition) is 2. The molecule has 0 bridgehead atoms. The van der Waals surface area contributed by atoms with Crippen LogP contribution in [0, 0.1) is 0 Å². The molecule has 0 aromatic heterocycles. The van der Waals surface area contributed by atoms with E-state index in [4.69, 9.17) is 0 Å². The van der Waals surface area contributed by atoms with Gasteiger partial charge in [0.2, 0.25) is 6.71 Å². The summed E-state index contributed by atoms with van der Waals surface area (Å²) in [5.74, 6) is 0. The standard InChI is InChI=1S/C48H35BS2/c1-47(2)36-22-7-5-14-28(36)30-16-9-18-32(42(30)47)34-20-11-24-38-45(34)50-40-26-13-27-41-44(40)49(38)39-25-12-21-35(46(39)51-41)33-19-10-17-31-29-15-6-8-23-37(29)48(3,4)43(31)33/h5-27H,1-4H3. The molecule has 0 saturated heterocycles. The smallest absolute Gasteiger partial charge is 0.0905 e. The molecule has 0 amide bonds. The largest absolute Gasteiger partial charge is 0.247 e. The third-order valence-electron chi connectivity index (χ3n) is 12.2. The zero-order valence-corrected chi connectivity index (χ0v) is 30.8. The Labute approximate surface area is 309 Å². The molecule has 7 aromatic carbocycles. The molecule has 0 atom stereocenters. The van der Waals surface area contributed by atoms with Gasteiger partial charge in [0.1, 0.15) is 0 Å². The Morgan fingerprint density at radius 3 is 1.20 bits per heavy atom. The second kappa shape index (κ2) is 10.4. The SMILES string of the molecule is CC1(C)c2ccccc2-c2cccc(-c3cccc4c3Sc3cccc5c3B4c3cccc(-c4cccc6c4C(C)(C)c4ccccc4-6)c3S5)c21. The van der Waals surface area contributed by atoms with Gasteiger partial charge in [0.05, 0.1) is 0 Å². The molecule has 0 radical (unpaired) electrons. The number of benzene rings is 7. The lowest BCUT2D eigenvalue weighted by atomic mass is 9.36. The molecule has 0 nitrogen and oxygen atoms in total. The monoisotopic (exact) mass is 686 g/mol. The molecular formula is C48H35BS2. The third kappa shape index (κ3) is 3.92. The highest BCUT2D eigenvalue weighted by atomic mass is 32.2. The minimum absolute atomic E-state index is 0.0813. The van der Waals surface area contributed by atoms with Gasteiger partial charge < -0.3 is 0 Å². The van der Waals surface area contributed by atoms with Crippen molar-refractivity contribution >= 4 is 46.6 Å². The van der Waals surface area contributed by atoms with Crippen molar-refractivity contribution < 1.29 is 0 Å². The van der Waals surface area contributed by atoms with E-state index in [0.29, 0.717) is 0 Å². The van der Waals surface area contributed by atoms with Gasteiger partial charge in [-0.15, -0.1) is 0 Å². The Hall–Kier alpha value is -4.70. The molecule has 2 heterocycles. The predicted octanol–water partition coefficient (Wildman–Crippen LogP) is 11.1. The van der Waals surface area contributed by atoms with E-state index in [1.54, 1.807) is 0 Å². The van der Waals surface area contributed by atoms with Crippen LogP contribution in [0.1, 0.15) is 49.9 Å². The molecule has 0 spiro atoms. The lowest BCUT2D eigenvalue weighted by Gasteiger charge is -2.35. The molecular weight excluding hydrogens is 651 g/mol. The van der Waals surface area contributed by atoms with Crippen LogP contribution in [0.2, 0.25) is 0 Å². The van der Waals surface area contributed by atoms with E-state index in [9.17, 15) is 0 Å². The van der Waals surface area contributed by atoms with Gasteiger partial charge in [0.15, 0.2) is 0 Å². The summed E-state index contributed by atoms with van der Waals surface area (Å²) in [6, 6.07) is 53.1. The summed E-state index contributed by atoms with van der Waals surface area (Å²) in [5.41, 5.74) is 20.8. The number of hydrogen-bond donors (Lipinski definition) is 0. The Bertz CT molecular complexity index is 2480. The predicted molar refractivity (Wildman–Crippen MR) is 218 cm³/mol. The third-order valence-corrected chi connectivity index (χ3v) is 14.7. The van der Waals surface area contributed by atoms with Crippen molar-refractivity contribution in [1.29, 1.82) is 0 Å². The van der Waals surface area contributed by atoms with Crippen molar-refractivity contribution in [3.05, 3.63) is 162 Å². The topological polar surface area (TPSA) is 0 Å². The fraction of sp³-hybridized carbons (Fsp3) is 0.125. The fourth-order valence-corrected chi connectivity index (χ4v) is 12.7. The van der Waals surface area contributed by atoms with E-state index in [1.807, 2.05) is 23.5 Å². The maximum absolute atomic E-state index is 2.41. The van der Waals surface area contributed by atoms with Gasteiger partial charge in [-0.1, -0.05) is 190 Å². The van der Waals surface area contributed by atoms with E-state index in [2.05, 4.69) is 167 Å². The lowest BCUT2D eigenvalue weighted by Crippen LogP contribution is -2.58. The van der Waals surface area contributed by atoms with Crippen LogP contribution in [0.3, 0.4) is 0 Å². The Balaban J connectivity index is 1.13. The zero-order valence-electron chi connectivity index (χ0n) is 29.2. The second-order valence-corrected chi connectivity index (χ2v) is 17.7. The van der Waals surface area contributed by atoms with E-state index in [1.165, 1.54) is 103 Å². The molecule has 0 fully saturated rings. The van der Waals surface area contributed by atoms with Gasteiger partial charge >= 0.3 is 0 Å². The highest BCUT2D eigenvalue weighted by molar-refractivity contribution is 8.01. The number of fused-ring (bicyclic) bond motifs is 10. The van der Waals surface area contributed by atoms with Crippen LogP contribution in [0.4, 0.5) is 0 Å². The van der Waals surface area contributed by atoms with E-state index in [-0.39, 0.29) is 17.5 Å². The Kier molecular flexibility index (Phi) is 6.14. The summed E-state index contributed by atoms with van der Waals surface area (Å²) >= 11 is 3.94.